The van der Waals surface area contributed by atoms with E-state index in [9.17, 15) is 9.90 Å². The number of fused-ring (bicyclic) bond motifs is 1. The predicted molar refractivity (Wildman–Crippen MR) is 89.2 cm³/mol. The first-order chi connectivity index (χ1) is 11.1. The maximum atomic E-state index is 12.2. The van der Waals surface area contributed by atoms with Crippen molar-refractivity contribution in [3.63, 3.8) is 0 Å². The molecule has 1 aliphatic rings. The van der Waals surface area contributed by atoms with Crippen molar-refractivity contribution in [2.24, 2.45) is 0 Å². The number of ether oxygens (including phenoxy) is 2. The summed E-state index contributed by atoms with van der Waals surface area (Å²) in [7, 11) is 3.17. The smallest absolute Gasteiger partial charge is 0.254 e. The van der Waals surface area contributed by atoms with Gasteiger partial charge in [-0.05, 0) is 29.8 Å². The van der Waals surface area contributed by atoms with Gasteiger partial charge in [-0.25, -0.2) is 0 Å². The second-order valence-corrected chi connectivity index (χ2v) is 6.29. The fourth-order valence-electron chi connectivity index (χ4n) is 2.43. The van der Waals surface area contributed by atoms with E-state index in [1.165, 1.54) is 11.8 Å². The summed E-state index contributed by atoms with van der Waals surface area (Å²) >= 11 is 1.45. The standard InChI is InChI=1S/C17H17NO4S/c1-21-11-5-3-10(4-6-11)16-15(19)17(20)18-13-9-12(22-2)7-8-14(13)23-16/h3-9,15-16,19H,1-2H3,(H,18,20)/t15-,16-/m0/s1. The molecule has 0 radical (unpaired) electrons. The molecule has 0 bridgehead atoms. The van der Waals surface area contributed by atoms with Gasteiger partial charge >= 0.3 is 0 Å². The number of hydrogen-bond donors (Lipinski definition) is 2. The van der Waals surface area contributed by atoms with Crippen molar-refractivity contribution in [2.75, 3.05) is 19.5 Å². The van der Waals surface area contributed by atoms with Gasteiger partial charge in [0.1, 0.15) is 17.6 Å². The van der Waals surface area contributed by atoms with E-state index in [0.29, 0.717) is 11.4 Å². The summed E-state index contributed by atoms with van der Waals surface area (Å²) in [6, 6.07) is 12.8. The number of anilines is 1. The number of aliphatic hydroxyl groups is 1. The molecule has 2 N–H and O–H groups in total. The molecule has 0 aromatic heterocycles. The monoisotopic (exact) mass is 331 g/mol. The van der Waals surface area contributed by atoms with Crippen molar-refractivity contribution < 1.29 is 19.4 Å². The molecule has 2 aromatic rings. The molecule has 2 atom stereocenters. The van der Waals surface area contributed by atoms with Crippen LogP contribution < -0.4 is 14.8 Å². The van der Waals surface area contributed by atoms with Crippen molar-refractivity contribution in [3.8, 4) is 11.5 Å². The molecule has 120 valence electrons. The second kappa shape index (κ2) is 6.52. The fourth-order valence-corrected chi connectivity index (χ4v) is 3.63. The zero-order valence-electron chi connectivity index (χ0n) is 12.8. The molecule has 0 saturated heterocycles. The first-order valence-corrected chi connectivity index (χ1v) is 7.98. The van der Waals surface area contributed by atoms with Crippen molar-refractivity contribution in [2.45, 2.75) is 16.2 Å². The Kier molecular flexibility index (Phi) is 4.45. The Morgan fingerprint density at radius 2 is 1.70 bits per heavy atom. The number of aliphatic hydroxyl groups excluding tert-OH is 1. The number of rotatable bonds is 3. The Hall–Kier alpha value is -2.18. The van der Waals surface area contributed by atoms with Gasteiger partial charge in [-0.15, -0.1) is 11.8 Å². The lowest BCUT2D eigenvalue weighted by Gasteiger charge is -2.19. The van der Waals surface area contributed by atoms with E-state index >= 15 is 0 Å². The number of methoxy groups -OCH3 is 2. The van der Waals surface area contributed by atoms with Gasteiger partial charge in [-0.1, -0.05) is 12.1 Å². The van der Waals surface area contributed by atoms with Crippen LogP contribution in [0.1, 0.15) is 10.8 Å². The number of carbonyl (C=O) groups excluding carboxylic acids is 1. The third kappa shape index (κ3) is 3.13. The van der Waals surface area contributed by atoms with Crippen LogP contribution in [-0.2, 0) is 4.79 Å². The molecule has 2 aromatic carbocycles. The Balaban J connectivity index is 1.97. The summed E-state index contributed by atoms with van der Waals surface area (Å²) in [5, 5.41) is 12.8. The topological polar surface area (TPSA) is 67.8 Å². The summed E-state index contributed by atoms with van der Waals surface area (Å²) in [4.78, 5) is 13.1. The number of benzene rings is 2. The maximum absolute atomic E-state index is 12.2. The predicted octanol–water partition coefficient (Wildman–Crippen LogP) is 2.85. The van der Waals surface area contributed by atoms with Crippen LogP contribution in [0.2, 0.25) is 0 Å². The first kappa shape index (κ1) is 15.7. The Labute approximate surface area is 138 Å². The minimum Gasteiger partial charge on any atom is -0.497 e. The Morgan fingerprint density at radius 1 is 1.04 bits per heavy atom. The highest BCUT2D eigenvalue weighted by atomic mass is 32.2. The first-order valence-electron chi connectivity index (χ1n) is 7.10. The van der Waals surface area contributed by atoms with Crippen LogP contribution in [0.4, 0.5) is 5.69 Å². The number of nitrogens with one attached hydrogen (secondary N) is 1. The zero-order chi connectivity index (χ0) is 16.4. The second-order valence-electron chi connectivity index (χ2n) is 5.11. The Morgan fingerprint density at radius 3 is 2.35 bits per heavy atom. The number of hydrogen-bond acceptors (Lipinski definition) is 5. The van der Waals surface area contributed by atoms with Gasteiger partial charge in [0.2, 0.25) is 0 Å². The van der Waals surface area contributed by atoms with Crippen LogP contribution in [-0.4, -0.2) is 31.3 Å². The van der Waals surface area contributed by atoms with Crippen molar-refractivity contribution in [1.82, 2.24) is 0 Å². The average molecular weight is 331 g/mol. The van der Waals surface area contributed by atoms with Crippen LogP contribution in [0.5, 0.6) is 11.5 Å². The molecule has 23 heavy (non-hydrogen) atoms. The van der Waals surface area contributed by atoms with Crippen LogP contribution >= 0.6 is 11.8 Å². The third-order valence-electron chi connectivity index (χ3n) is 3.70. The van der Waals surface area contributed by atoms with E-state index in [-0.39, 0.29) is 0 Å². The number of carbonyl (C=O) groups is 1. The van der Waals surface area contributed by atoms with Gasteiger partial charge in [0, 0.05) is 11.0 Å². The van der Waals surface area contributed by atoms with E-state index in [1.54, 1.807) is 20.3 Å². The van der Waals surface area contributed by atoms with E-state index < -0.39 is 17.3 Å². The molecule has 5 nitrogen and oxygen atoms in total. The van der Waals surface area contributed by atoms with Crippen LogP contribution in [0, 0.1) is 0 Å². The van der Waals surface area contributed by atoms with Crippen molar-refractivity contribution in [1.29, 1.82) is 0 Å². The van der Waals surface area contributed by atoms with Crippen LogP contribution in [0.15, 0.2) is 47.4 Å². The molecule has 0 aliphatic carbocycles. The zero-order valence-corrected chi connectivity index (χ0v) is 13.6. The van der Waals surface area contributed by atoms with Crippen molar-refractivity contribution >= 4 is 23.4 Å². The highest BCUT2D eigenvalue weighted by Crippen LogP contribution is 2.44. The molecular weight excluding hydrogens is 314 g/mol. The molecule has 1 heterocycles. The normalized spacial score (nSPS) is 20.2. The highest BCUT2D eigenvalue weighted by Gasteiger charge is 2.32. The van der Waals surface area contributed by atoms with Gasteiger partial charge in [-0.3, -0.25) is 4.79 Å². The fraction of sp³-hybridized carbons (Fsp3) is 0.235. The summed E-state index contributed by atoms with van der Waals surface area (Å²) in [5.74, 6) is 0.962. The van der Waals surface area contributed by atoms with Gasteiger partial charge in [0.15, 0.2) is 0 Å². The highest BCUT2D eigenvalue weighted by molar-refractivity contribution is 7.99. The SMILES string of the molecule is COc1ccc([C@@H]2Sc3ccc(OC)cc3NC(=O)[C@H]2O)cc1. The Bertz CT molecular complexity index is 717. The maximum Gasteiger partial charge on any atom is 0.254 e. The summed E-state index contributed by atoms with van der Waals surface area (Å²) in [6.45, 7) is 0. The van der Waals surface area contributed by atoms with E-state index in [0.717, 1.165) is 16.2 Å². The lowest BCUT2D eigenvalue weighted by Crippen LogP contribution is -2.30. The number of amides is 1. The minimum absolute atomic E-state index is 0.393. The van der Waals surface area contributed by atoms with E-state index in [1.807, 2.05) is 36.4 Å². The molecule has 0 unspecified atom stereocenters. The van der Waals surface area contributed by atoms with E-state index in [4.69, 9.17) is 9.47 Å². The van der Waals surface area contributed by atoms with Crippen molar-refractivity contribution in [3.05, 3.63) is 48.0 Å². The molecule has 1 aliphatic heterocycles. The molecule has 0 spiro atoms. The largest absolute Gasteiger partial charge is 0.497 e. The van der Waals surface area contributed by atoms with Crippen LogP contribution in [0.3, 0.4) is 0 Å². The quantitative estimate of drug-likeness (QED) is 0.905. The average Bonchev–Trinajstić information content (AvgIpc) is 2.71. The number of thioether (sulfide) groups is 1. The lowest BCUT2D eigenvalue weighted by molar-refractivity contribution is -0.124. The summed E-state index contributed by atoms with van der Waals surface area (Å²) in [6.07, 6.45) is -1.15. The third-order valence-corrected chi connectivity index (χ3v) is 5.09. The lowest BCUT2D eigenvalue weighted by atomic mass is 10.1. The molecule has 6 heteroatoms. The molecular formula is C17H17NO4S. The molecule has 3 rings (SSSR count). The summed E-state index contributed by atoms with van der Waals surface area (Å²) < 4.78 is 10.3. The molecule has 0 fully saturated rings. The summed E-state index contributed by atoms with van der Waals surface area (Å²) in [5.41, 5.74) is 1.51. The van der Waals surface area contributed by atoms with Gasteiger partial charge in [0.25, 0.3) is 5.91 Å². The van der Waals surface area contributed by atoms with Gasteiger partial charge in [0.05, 0.1) is 25.2 Å². The molecule has 1 amide bonds. The molecule has 0 saturated carbocycles. The minimum atomic E-state index is -1.15. The van der Waals surface area contributed by atoms with Gasteiger partial charge in [-0.2, -0.15) is 0 Å². The van der Waals surface area contributed by atoms with Crippen LogP contribution in [0.25, 0.3) is 0 Å². The van der Waals surface area contributed by atoms with E-state index in [2.05, 4.69) is 5.32 Å². The van der Waals surface area contributed by atoms with Gasteiger partial charge < -0.3 is 19.9 Å².